The Hall–Kier alpha value is -5.32. The smallest absolute Gasteiger partial charge is 0.227 e. The topological polar surface area (TPSA) is 98.0 Å². The monoisotopic (exact) mass is 752 g/mol. The summed E-state index contributed by atoms with van der Waals surface area (Å²) in [6.07, 6.45) is 4.59. The predicted octanol–water partition coefficient (Wildman–Crippen LogP) is 8.81. The minimum atomic E-state index is -0.0335. The first-order chi connectivity index (χ1) is 25.6. The maximum absolute atomic E-state index is 13.3. The number of aromatic amines is 2. The number of H-pyrrole nitrogens is 2. The van der Waals surface area contributed by atoms with E-state index in [1.165, 1.54) is 0 Å². The summed E-state index contributed by atoms with van der Waals surface area (Å²) in [6, 6.07) is 41.1. The second kappa shape index (κ2) is 16.0. The highest BCUT2D eigenvalue weighted by molar-refractivity contribution is 7.59. The average molecular weight is 753 g/mol. The number of hydrogen-bond acceptors (Lipinski definition) is 4. The molecule has 2 atom stereocenters. The van der Waals surface area contributed by atoms with Crippen LogP contribution >= 0.6 is 27.0 Å². The summed E-state index contributed by atoms with van der Waals surface area (Å²) in [5.41, 5.74) is 10.3. The van der Waals surface area contributed by atoms with Gasteiger partial charge in [0, 0.05) is 13.1 Å². The molecule has 8 nitrogen and oxygen atoms in total. The van der Waals surface area contributed by atoms with E-state index in [0.717, 1.165) is 106 Å². The second-order valence-electron chi connectivity index (χ2n) is 14.1. The van der Waals surface area contributed by atoms with Crippen LogP contribution in [0.4, 0.5) is 0 Å². The van der Waals surface area contributed by atoms with E-state index in [-0.39, 0.29) is 50.9 Å². The molecule has 0 spiro atoms. The number of benzene rings is 5. The number of amides is 2. The molecule has 7 aromatic rings. The van der Waals surface area contributed by atoms with Gasteiger partial charge in [-0.3, -0.25) is 9.59 Å². The summed E-state index contributed by atoms with van der Waals surface area (Å²) < 4.78 is 0. The fraction of sp³-hybridized carbons (Fsp3) is 0.227. The molecule has 2 saturated heterocycles. The Balaban J connectivity index is 0.00000225. The van der Waals surface area contributed by atoms with Crippen molar-refractivity contribution in [3.8, 4) is 22.3 Å². The molecule has 2 amide bonds. The number of hydrogen-bond donors (Lipinski definition) is 2. The van der Waals surface area contributed by atoms with Gasteiger partial charge in [-0.2, -0.15) is 27.0 Å². The molecule has 10 heteroatoms. The lowest BCUT2D eigenvalue weighted by Gasteiger charge is -2.23. The minimum Gasteiger partial charge on any atom is -0.340 e. The van der Waals surface area contributed by atoms with Gasteiger partial charge in [-0.25, -0.2) is 9.97 Å². The summed E-state index contributed by atoms with van der Waals surface area (Å²) in [5.74, 6) is 2.01. The van der Waals surface area contributed by atoms with Crippen LogP contribution < -0.4 is 0 Å². The van der Waals surface area contributed by atoms with Crippen molar-refractivity contribution >= 4 is 60.9 Å². The third kappa shape index (κ3) is 7.41. The zero-order valence-electron chi connectivity index (χ0n) is 30.0. The second-order valence-corrected chi connectivity index (χ2v) is 14.1. The van der Waals surface area contributed by atoms with E-state index >= 15 is 0 Å². The molecule has 2 N–H and O–H groups in total. The fourth-order valence-corrected chi connectivity index (χ4v) is 8.03. The number of nitrogens with zero attached hydrogens (tertiary/aromatic N) is 4. The molecule has 0 saturated carbocycles. The highest BCUT2D eigenvalue weighted by atomic mass is 32.1. The number of aromatic nitrogens is 4. The van der Waals surface area contributed by atoms with E-state index in [1.807, 2.05) is 70.5 Å². The Kier molecular flexibility index (Phi) is 10.9. The van der Waals surface area contributed by atoms with E-state index in [4.69, 9.17) is 9.97 Å². The maximum Gasteiger partial charge on any atom is 0.227 e. The van der Waals surface area contributed by atoms with Crippen molar-refractivity contribution in [3.63, 3.8) is 0 Å². The van der Waals surface area contributed by atoms with Crippen LogP contribution in [0.15, 0.2) is 121 Å². The van der Waals surface area contributed by atoms with Gasteiger partial charge < -0.3 is 19.8 Å². The van der Waals surface area contributed by atoms with Crippen LogP contribution in [-0.2, 0) is 22.4 Å². The number of fused-ring (bicyclic) bond motifs is 2. The number of carbonyl (C=O) groups excluding carboxylic acids is 2. The quantitative estimate of drug-likeness (QED) is 0.162. The van der Waals surface area contributed by atoms with Crippen LogP contribution in [-0.4, -0.2) is 54.6 Å². The van der Waals surface area contributed by atoms with Crippen molar-refractivity contribution in [1.82, 2.24) is 29.7 Å². The van der Waals surface area contributed by atoms with Crippen LogP contribution in [0.25, 0.3) is 44.3 Å². The minimum absolute atomic E-state index is 0. The van der Waals surface area contributed by atoms with Crippen molar-refractivity contribution in [2.75, 3.05) is 13.1 Å². The fourth-order valence-electron chi connectivity index (χ4n) is 8.03. The van der Waals surface area contributed by atoms with E-state index in [0.29, 0.717) is 12.8 Å². The third-order valence-electron chi connectivity index (χ3n) is 10.7. The van der Waals surface area contributed by atoms with Gasteiger partial charge in [0.1, 0.15) is 11.6 Å². The molecule has 5 aromatic carbocycles. The van der Waals surface area contributed by atoms with Crippen LogP contribution in [0, 0.1) is 0 Å². The molecule has 9 rings (SSSR count). The lowest BCUT2D eigenvalue weighted by atomic mass is 10.00. The highest BCUT2D eigenvalue weighted by Crippen LogP contribution is 2.35. The van der Waals surface area contributed by atoms with Crippen LogP contribution in [0.1, 0.15) is 60.5 Å². The molecule has 0 unspecified atom stereocenters. The molecule has 4 heterocycles. The molecular weight excluding hydrogens is 709 g/mol. The first kappa shape index (κ1) is 37.0. The average Bonchev–Trinajstić information content (AvgIpc) is 4.00. The summed E-state index contributed by atoms with van der Waals surface area (Å²) >= 11 is 0. The first-order valence-electron chi connectivity index (χ1n) is 18.3. The molecule has 54 heavy (non-hydrogen) atoms. The van der Waals surface area contributed by atoms with Gasteiger partial charge in [0.25, 0.3) is 0 Å². The Labute approximate surface area is 328 Å². The molecule has 0 aliphatic carbocycles. The van der Waals surface area contributed by atoms with Gasteiger partial charge in [-0.15, -0.1) is 0 Å². The van der Waals surface area contributed by atoms with E-state index < -0.39 is 0 Å². The normalized spacial score (nSPS) is 16.7. The SMILES string of the molecule is O=C(Cc1ccccc1)N1CCC[C@H]1c1nc2ccc(-c3ccc(-c4ccc5nc([C@@H]6CCCN6C(=O)Cc6ccccc6)[nH]c5c4)cc3)cc2[nH]1.S.S. The largest absolute Gasteiger partial charge is 0.340 e. The van der Waals surface area contributed by atoms with Gasteiger partial charge in [0.15, 0.2) is 0 Å². The maximum atomic E-state index is 13.3. The number of likely N-dealkylation sites (tertiary alicyclic amines) is 2. The molecular formula is C44H44N6O2S2. The Morgan fingerprint density at radius 2 is 0.926 bits per heavy atom. The van der Waals surface area contributed by atoms with Crippen molar-refractivity contribution in [2.24, 2.45) is 0 Å². The Bertz CT molecular complexity index is 2230. The molecule has 274 valence electrons. The first-order valence-corrected chi connectivity index (χ1v) is 18.3. The lowest BCUT2D eigenvalue weighted by Crippen LogP contribution is -2.32. The van der Waals surface area contributed by atoms with E-state index in [1.54, 1.807) is 0 Å². The van der Waals surface area contributed by atoms with Crippen LogP contribution in [0.3, 0.4) is 0 Å². The van der Waals surface area contributed by atoms with Crippen molar-refractivity contribution in [1.29, 1.82) is 0 Å². The molecule has 2 aliphatic heterocycles. The van der Waals surface area contributed by atoms with E-state index in [2.05, 4.69) is 70.6 Å². The van der Waals surface area contributed by atoms with Gasteiger partial charge >= 0.3 is 0 Å². The van der Waals surface area contributed by atoms with Crippen molar-refractivity contribution in [3.05, 3.63) is 144 Å². The zero-order chi connectivity index (χ0) is 35.0. The predicted molar refractivity (Wildman–Crippen MR) is 225 cm³/mol. The van der Waals surface area contributed by atoms with Crippen LogP contribution in [0.2, 0.25) is 0 Å². The molecule has 2 aromatic heterocycles. The molecule has 0 bridgehead atoms. The van der Waals surface area contributed by atoms with Crippen molar-refractivity contribution in [2.45, 2.75) is 50.6 Å². The number of rotatable bonds is 8. The standard InChI is InChI=1S/C44H40N6O2.2H2S/c51-41(25-29-9-3-1-4-10-29)49-23-7-13-39(49)43-45-35-21-19-33(27-37(35)47-43)31-15-17-32(18-16-31)34-20-22-36-38(28-34)48-44(46-36)40-14-8-24-50(40)42(52)26-30-11-5-2-6-12-30;;/h1-6,9-12,15-22,27-28,39-40H,7-8,13-14,23-26H2,(H,45,47)(H,46,48);2*1H2/t39-,40-;;/m0../s1. The van der Waals surface area contributed by atoms with Gasteiger partial charge in [0.2, 0.25) is 11.8 Å². The van der Waals surface area contributed by atoms with Crippen molar-refractivity contribution < 1.29 is 9.59 Å². The molecule has 2 fully saturated rings. The number of carbonyl (C=O) groups is 2. The van der Waals surface area contributed by atoms with Crippen LogP contribution in [0.5, 0.6) is 0 Å². The Morgan fingerprint density at radius 1 is 0.537 bits per heavy atom. The number of imidazole rings is 2. The van der Waals surface area contributed by atoms with Gasteiger partial charge in [-0.05, 0) is 83.3 Å². The van der Waals surface area contributed by atoms with Gasteiger partial charge in [0.05, 0.1) is 47.0 Å². The summed E-state index contributed by atoms with van der Waals surface area (Å²) in [6.45, 7) is 1.52. The molecule has 0 radical (unpaired) electrons. The highest BCUT2D eigenvalue weighted by Gasteiger charge is 2.33. The van der Waals surface area contributed by atoms with E-state index in [9.17, 15) is 9.59 Å². The number of nitrogens with one attached hydrogen (secondary N) is 2. The molecule has 2 aliphatic rings. The van der Waals surface area contributed by atoms with Gasteiger partial charge in [-0.1, -0.05) is 97.1 Å². The Morgan fingerprint density at radius 3 is 1.33 bits per heavy atom. The summed E-state index contributed by atoms with van der Waals surface area (Å²) in [7, 11) is 0. The zero-order valence-corrected chi connectivity index (χ0v) is 32.0. The third-order valence-corrected chi connectivity index (χ3v) is 10.7. The summed E-state index contributed by atoms with van der Waals surface area (Å²) in [4.78, 5) is 47.5. The lowest BCUT2D eigenvalue weighted by molar-refractivity contribution is -0.132. The summed E-state index contributed by atoms with van der Waals surface area (Å²) in [5, 5.41) is 0.